The van der Waals surface area contributed by atoms with E-state index in [0.29, 0.717) is 0 Å². The number of pyridine rings is 4. The number of aromatic nitrogens is 8. The van der Waals surface area contributed by atoms with Crippen LogP contribution in [0.2, 0.25) is 0 Å². The third kappa shape index (κ3) is 12.4. The predicted octanol–water partition coefficient (Wildman–Crippen LogP) is 0.683. The Hall–Kier alpha value is -8.00. The number of hydrogen-bond donors (Lipinski definition) is 2. The first-order chi connectivity index (χ1) is 37.6. The van der Waals surface area contributed by atoms with Gasteiger partial charge in [0.2, 0.25) is 0 Å². The number of hydrogen-bond acceptors (Lipinski definition) is 2. The van der Waals surface area contributed by atoms with Crippen LogP contribution in [0, 0.1) is 0 Å². The molecule has 9 heterocycles. The summed E-state index contributed by atoms with van der Waals surface area (Å²) in [4.78, 5) is 19.1. The molecule has 8 nitrogen and oxygen atoms in total. The first kappa shape index (κ1) is 56.7. The maximum Gasteiger partial charge on any atom is 0.173 e. The van der Waals surface area contributed by atoms with Crippen LogP contribution in [0.1, 0.15) is 45.0 Å². The molecule has 7 aromatic heterocycles. The predicted molar refractivity (Wildman–Crippen MR) is 304 cm³/mol. The van der Waals surface area contributed by atoms with Crippen LogP contribution >= 0.6 is 0 Å². The first-order valence-electron chi connectivity index (χ1n) is 25.9. The lowest BCUT2D eigenvalue weighted by atomic mass is 10.0. The largest absolute Gasteiger partial charge is 1.00 e. The zero-order chi connectivity index (χ0) is 50.6. The van der Waals surface area contributed by atoms with Crippen molar-refractivity contribution in [3.05, 3.63) is 289 Å². The number of halogens is 4. The Morgan fingerprint density at radius 2 is 0.450 bits per heavy atom. The lowest BCUT2D eigenvalue weighted by molar-refractivity contribution is -0.688. The number of rotatable bonds is 12. The molecule has 0 spiro atoms. The third-order valence-electron chi connectivity index (χ3n) is 14.3. The van der Waals surface area contributed by atoms with Crippen molar-refractivity contribution in [1.82, 2.24) is 19.9 Å². The molecule has 12 heteroatoms. The first-order valence-corrected chi connectivity index (χ1v) is 25.9. The van der Waals surface area contributed by atoms with Gasteiger partial charge in [0, 0.05) is 115 Å². The van der Waals surface area contributed by atoms with Crippen LogP contribution < -0.4 is 86.2 Å². The van der Waals surface area contributed by atoms with Crippen molar-refractivity contribution in [3.63, 3.8) is 0 Å². The number of aromatic amines is 2. The van der Waals surface area contributed by atoms with E-state index in [1.165, 1.54) is 22.3 Å². The van der Waals surface area contributed by atoms with Gasteiger partial charge in [-0.3, -0.25) is 0 Å². The fraction of sp³-hybridized carbons (Fsp3) is 0.0588. The smallest absolute Gasteiger partial charge is 0.173 e. The molecular formula is C68H54Br4N8. The number of nitrogens with one attached hydrogen (secondary N) is 2. The molecule has 80 heavy (non-hydrogen) atoms. The highest BCUT2D eigenvalue weighted by atomic mass is 79.9. The Bertz CT molecular complexity index is 3580. The molecule has 0 atom stereocenters. The second-order valence-electron chi connectivity index (χ2n) is 19.5. The summed E-state index contributed by atoms with van der Waals surface area (Å²) in [6.07, 6.45) is 25.5. The molecule has 0 aliphatic carbocycles. The molecule has 2 N–H and O–H groups in total. The standard InChI is InChI=1S/C68H54N8.4BrH/c1-5-37-73(38-6-1)45-49-13-21-53(22-14-49)65-57-29-31-59(69-57)66(54-23-15-50(16-24-54)46-74-39-7-2-8-40-74)61-33-35-63(71-61)68(56-27-19-52(20-28-56)48-76-43-11-4-12-44-76)64-36-34-62(72-64)67(60-32-30-58(65)70-60)55-25-17-51(18-26-55)47-75-41-9-3-10-42-75;;;;/h1-44,69,72H,45-48H2;4*1H/q+4;;;;/p-4. The van der Waals surface area contributed by atoms with E-state index in [2.05, 4.69) is 272 Å². The van der Waals surface area contributed by atoms with Crippen LogP contribution in [0.5, 0.6) is 0 Å². The zero-order valence-electron chi connectivity index (χ0n) is 43.4. The number of H-pyrrole nitrogens is 2. The van der Waals surface area contributed by atoms with Gasteiger partial charge in [-0.2, -0.15) is 0 Å². The Morgan fingerprint density at radius 1 is 0.250 bits per heavy atom. The van der Waals surface area contributed by atoms with Crippen LogP contribution in [0.25, 0.3) is 90.9 Å². The molecule has 11 aromatic rings. The minimum absolute atomic E-state index is 0. The molecule has 0 saturated carbocycles. The normalized spacial score (nSPS) is 11.2. The summed E-state index contributed by atoms with van der Waals surface area (Å²) in [7, 11) is 0. The van der Waals surface area contributed by atoms with Gasteiger partial charge >= 0.3 is 0 Å². The SMILES string of the molecule is C1=Cc2nc1c(-c1ccc(C[n+]3ccccc3)cc1)c1ccc([nH]1)c(-c1ccc(C[n+]3ccccc3)cc1)c1nc(c(-c3ccc(C[n+]4ccccc4)cc3)c3ccc([nH]3)c2-c2ccc(C[n+]3ccccc3)cc2)C=C1.[Br-].[Br-].[Br-].[Br-]. The molecule has 0 radical (unpaired) electrons. The zero-order valence-corrected chi connectivity index (χ0v) is 49.8. The summed E-state index contributed by atoms with van der Waals surface area (Å²) in [5, 5.41) is 0. The second-order valence-corrected chi connectivity index (χ2v) is 19.5. The molecule has 2 aliphatic rings. The summed E-state index contributed by atoms with van der Waals surface area (Å²) < 4.78 is 8.79. The molecule has 4 aromatic carbocycles. The lowest BCUT2D eigenvalue weighted by Crippen LogP contribution is -3.00. The number of fused-ring (bicyclic) bond motifs is 8. The molecule has 0 unspecified atom stereocenters. The summed E-state index contributed by atoms with van der Waals surface area (Å²) >= 11 is 0. The van der Waals surface area contributed by atoms with Crippen molar-refractivity contribution in [2.45, 2.75) is 26.2 Å². The van der Waals surface area contributed by atoms with Crippen LogP contribution in [-0.4, -0.2) is 19.9 Å². The molecule has 13 rings (SSSR count). The van der Waals surface area contributed by atoms with E-state index in [1.54, 1.807) is 0 Å². The topological polar surface area (TPSA) is 72.9 Å². The summed E-state index contributed by atoms with van der Waals surface area (Å²) in [5.41, 5.74) is 20.5. The van der Waals surface area contributed by atoms with Gasteiger partial charge in [0.25, 0.3) is 0 Å². The van der Waals surface area contributed by atoms with Gasteiger partial charge < -0.3 is 77.9 Å². The van der Waals surface area contributed by atoms with E-state index in [-0.39, 0.29) is 67.9 Å². The fourth-order valence-corrected chi connectivity index (χ4v) is 10.5. The van der Waals surface area contributed by atoms with Crippen molar-refractivity contribution in [3.8, 4) is 44.5 Å². The fourth-order valence-electron chi connectivity index (χ4n) is 10.5. The molecule has 0 saturated heterocycles. The third-order valence-corrected chi connectivity index (χ3v) is 14.3. The molecule has 0 fully saturated rings. The highest BCUT2D eigenvalue weighted by Gasteiger charge is 2.20. The Morgan fingerprint density at radius 3 is 0.650 bits per heavy atom. The van der Waals surface area contributed by atoms with Crippen molar-refractivity contribution in [1.29, 1.82) is 0 Å². The number of benzene rings is 4. The van der Waals surface area contributed by atoms with Crippen LogP contribution in [0.4, 0.5) is 0 Å². The van der Waals surface area contributed by atoms with Gasteiger partial charge in [0.1, 0.15) is 0 Å². The highest BCUT2D eigenvalue weighted by Crippen LogP contribution is 2.39. The van der Waals surface area contributed by atoms with Gasteiger partial charge in [-0.1, -0.05) is 121 Å². The molecule has 8 bridgehead atoms. The summed E-state index contributed by atoms with van der Waals surface area (Å²) in [5.74, 6) is 0. The average Bonchev–Trinajstić information content (AvgIpc) is 4.38. The molecule has 0 amide bonds. The monoisotopic (exact) mass is 1300 g/mol. The van der Waals surface area contributed by atoms with Crippen molar-refractivity contribution >= 4 is 46.4 Å². The Labute approximate surface area is 507 Å². The summed E-state index contributed by atoms with van der Waals surface area (Å²) in [6.45, 7) is 3.09. The maximum absolute atomic E-state index is 5.60. The lowest BCUT2D eigenvalue weighted by Gasteiger charge is -2.08. The quantitative estimate of drug-likeness (QED) is 0.177. The van der Waals surface area contributed by atoms with Crippen molar-refractivity contribution in [2.24, 2.45) is 0 Å². The average molecular weight is 1300 g/mol. The van der Waals surface area contributed by atoms with Crippen LogP contribution in [0.3, 0.4) is 0 Å². The van der Waals surface area contributed by atoms with E-state index >= 15 is 0 Å². The van der Waals surface area contributed by atoms with E-state index in [0.717, 1.165) is 116 Å². The van der Waals surface area contributed by atoms with Gasteiger partial charge in [0.15, 0.2) is 75.8 Å². The van der Waals surface area contributed by atoms with Crippen LogP contribution in [0.15, 0.2) is 244 Å². The van der Waals surface area contributed by atoms with Crippen molar-refractivity contribution in [2.75, 3.05) is 0 Å². The van der Waals surface area contributed by atoms with Crippen molar-refractivity contribution < 1.29 is 86.2 Å². The van der Waals surface area contributed by atoms with E-state index in [4.69, 9.17) is 9.97 Å². The molecule has 394 valence electrons. The Kier molecular flexibility index (Phi) is 18.3. The second kappa shape index (κ2) is 25.9. The van der Waals surface area contributed by atoms with E-state index < -0.39 is 0 Å². The van der Waals surface area contributed by atoms with Gasteiger partial charge in [-0.25, -0.2) is 28.2 Å². The Balaban J connectivity index is 0.00000194. The minimum atomic E-state index is 0. The molecular weight excluding hydrogens is 1250 g/mol. The van der Waals surface area contributed by atoms with Gasteiger partial charge in [-0.15, -0.1) is 0 Å². The minimum Gasteiger partial charge on any atom is -1.00 e. The number of nitrogens with zero attached hydrogens (tertiary/aromatic N) is 6. The highest BCUT2D eigenvalue weighted by molar-refractivity contribution is 5.99. The van der Waals surface area contributed by atoms with Gasteiger partial charge in [-0.05, 0) is 70.8 Å². The van der Waals surface area contributed by atoms with E-state index in [9.17, 15) is 0 Å². The maximum atomic E-state index is 5.60. The molecule has 2 aliphatic heterocycles. The summed E-state index contributed by atoms with van der Waals surface area (Å²) in [6, 6.07) is 69.3. The van der Waals surface area contributed by atoms with Crippen LogP contribution in [-0.2, 0) is 26.2 Å². The van der Waals surface area contributed by atoms with E-state index in [1.807, 2.05) is 24.3 Å². The van der Waals surface area contributed by atoms with Gasteiger partial charge in [0.05, 0.1) is 22.8 Å².